The van der Waals surface area contributed by atoms with Crippen LogP contribution >= 0.6 is 0 Å². The maximum Gasteiger partial charge on any atom is 0.179 e. The zero-order chi connectivity index (χ0) is 19.4. The number of benzene rings is 1. The number of halogens is 1. The van der Waals surface area contributed by atoms with E-state index in [2.05, 4.69) is 15.3 Å². The first-order valence-electron chi connectivity index (χ1n) is 8.55. The van der Waals surface area contributed by atoms with Gasteiger partial charge in [0, 0.05) is 35.8 Å². The second kappa shape index (κ2) is 7.84. The van der Waals surface area contributed by atoms with Crippen LogP contribution in [-0.2, 0) is 9.84 Å². The van der Waals surface area contributed by atoms with Crippen molar-refractivity contribution in [3.63, 3.8) is 0 Å². The lowest BCUT2D eigenvalue weighted by atomic mass is 10.1. The van der Waals surface area contributed by atoms with Crippen LogP contribution in [0.3, 0.4) is 0 Å². The van der Waals surface area contributed by atoms with Crippen molar-refractivity contribution in [2.24, 2.45) is 0 Å². The molecular formula is C20H20FN3O2S. The van der Waals surface area contributed by atoms with Gasteiger partial charge in [0.2, 0.25) is 0 Å². The van der Waals surface area contributed by atoms with Crippen molar-refractivity contribution in [1.82, 2.24) is 9.97 Å². The molecule has 0 unspecified atom stereocenters. The molecule has 0 saturated heterocycles. The van der Waals surface area contributed by atoms with Gasteiger partial charge in [0.25, 0.3) is 0 Å². The minimum atomic E-state index is -3.31. The topological polar surface area (TPSA) is 72.0 Å². The van der Waals surface area contributed by atoms with Gasteiger partial charge < -0.3 is 5.32 Å². The maximum absolute atomic E-state index is 13.0. The van der Waals surface area contributed by atoms with Crippen LogP contribution < -0.4 is 5.32 Å². The van der Waals surface area contributed by atoms with Gasteiger partial charge in [-0.3, -0.25) is 4.98 Å². The molecule has 2 heterocycles. The quantitative estimate of drug-likeness (QED) is 0.687. The monoisotopic (exact) mass is 385 g/mol. The van der Waals surface area contributed by atoms with Crippen LogP contribution in [0.4, 0.5) is 10.2 Å². The summed E-state index contributed by atoms with van der Waals surface area (Å²) in [5.41, 5.74) is 2.41. The summed E-state index contributed by atoms with van der Waals surface area (Å²) in [7, 11) is -3.31. The van der Waals surface area contributed by atoms with Gasteiger partial charge in [-0.05, 0) is 42.8 Å². The number of hydrogen-bond donors (Lipinski definition) is 1. The van der Waals surface area contributed by atoms with Crippen molar-refractivity contribution in [1.29, 1.82) is 0 Å². The Bertz CT molecular complexity index is 1020. The third kappa shape index (κ3) is 4.49. The van der Waals surface area contributed by atoms with E-state index in [4.69, 9.17) is 0 Å². The van der Waals surface area contributed by atoms with Crippen LogP contribution in [0.25, 0.3) is 11.1 Å². The van der Waals surface area contributed by atoms with Crippen LogP contribution in [0, 0.1) is 5.82 Å². The molecule has 0 fully saturated rings. The number of rotatable bonds is 6. The normalized spacial score (nSPS) is 12.6. The number of aromatic nitrogens is 2. The van der Waals surface area contributed by atoms with E-state index >= 15 is 0 Å². The molecule has 3 rings (SSSR count). The SMILES string of the molecule is CCS(=O)(=O)c1cncc(-c2ccc(N[C@H](C)c3ccc(F)cc3)nc2)c1. The van der Waals surface area contributed by atoms with Gasteiger partial charge in [-0.15, -0.1) is 0 Å². The number of sulfone groups is 1. The van der Waals surface area contributed by atoms with E-state index in [1.807, 2.05) is 19.1 Å². The summed E-state index contributed by atoms with van der Waals surface area (Å²) >= 11 is 0. The van der Waals surface area contributed by atoms with E-state index < -0.39 is 9.84 Å². The fourth-order valence-electron chi connectivity index (χ4n) is 2.62. The summed E-state index contributed by atoms with van der Waals surface area (Å²) in [5.74, 6) is 0.427. The first-order valence-corrected chi connectivity index (χ1v) is 10.2. The highest BCUT2D eigenvalue weighted by atomic mass is 32.2. The molecule has 3 aromatic rings. The molecule has 0 amide bonds. The van der Waals surface area contributed by atoms with Gasteiger partial charge in [0.05, 0.1) is 10.6 Å². The molecule has 0 aliphatic heterocycles. The Labute approximate surface area is 158 Å². The number of nitrogens with one attached hydrogen (secondary N) is 1. The predicted molar refractivity (Wildman–Crippen MR) is 104 cm³/mol. The summed E-state index contributed by atoms with van der Waals surface area (Å²) in [6.45, 7) is 3.57. The Hall–Kier alpha value is -2.80. The van der Waals surface area contributed by atoms with Gasteiger partial charge >= 0.3 is 0 Å². The molecule has 2 aromatic heterocycles. The van der Waals surface area contributed by atoms with E-state index in [0.717, 1.165) is 11.1 Å². The molecule has 0 spiro atoms. The highest BCUT2D eigenvalue weighted by Crippen LogP contribution is 2.24. The minimum Gasteiger partial charge on any atom is -0.364 e. The lowest BCUT2D eigenvalue weighted by molar-refractivity contribution is 0.597. The summed E-state index contributed by atoms with van der Waals surface area (Å²) < 4.78 is 37.1. The van der Waals surface area contributed by atoms with E-state index in [9.17, 15) is 12.8 Å². The summed E-state index contributed by atoms with van der Waals surface area (Å²) in [5, 5.41) is 3.26. The van der Waals surface area contributed by atoms with Crippen LogP contribution in [0.5, 0.6) is 0 Å². The third-order valence-corrected chi connectivity index (χ3v) is 5.99. The van der Waals surface area contributed by atoms with Crippen molar-refractivity contribution in [3.8, 4) is 11.1 Å². The number of pyridine rings is 2. The van der Waals surface area contributed by atoms with E-state index in [1.165, 1.54) is 18.3 Å². The van der Waals surface area contributed by atoms with Gasteiger partial charge in [-0.25, -0.2) is 17.8 Å². The molecule has 0 radical (unpaired) electrons. The molecule has 1 N–H and O–H groups in total. The smallest absolute Gasteiger partial charge is 0.179 e. The van der Waals surface area contributed by atoms with E-state index in [1.54, 1.807) is 37.5 Å². The fraction of sp³-hybridized carbons (Fsp3) is 0.200. The molecule has 1 atom stereocenters. The van der Waals surface area contributed by atoms with Gasteiger partial charge in [-0.2, -0.15) is 0 Å². The average Bonchev–Trinajstić information content (AvgIpc) is 2.69. The van der Waals surface area contributed by atoms with Crippen molar-refractivity contribution in [3.05, 3.63) is 72.4 Å². The zero-order valence-corrected chi connectivity index (χ0v) is 15.9. The van der Waals surface area contributed by atoms with Gasteiger partial charge in [0.1, 0.15) is 11.6 Å². The molecule has 7 heteroatoms. The van der Waals surface area contributed by atoms with Crippen LogP contribution in [0.1, 0.15) is 25.5 Å². The van der Waals surface area contributed by atoms with Crippen molar-refractivity contribution < 1.29 is 12.8 Å². The molecule has 5 nitrogen and oxygen atoms in total. The lowest BCUT2D eigenvalue weighted by Gasteiger charge is -2.15. The van der Waals surface area contributed by atoms with E-state index in [0.29, 0.717) is 11.4 Å². The molecular weight excluding hydrogens is 365 g/mol. The zero-order valence-electron chi connectivity index (χ0n) is 15.1. The Kier molecular flexibility index (Phi) is 5.51. The summed E-state index contributed by atoms with van der Waals surface area (Å²) in [6.07, 6.45) is 4.63. The number of nitrogens with zero attached hydrogens (tertiary/aromatic N) is 2. The van der Waals surface area contributed by atoms with Gasteiger partial charge in [0.15, 0.2) is 9.84 Å². The largest absolute Gasteiger partial charge is 0.364 e. The lowest BCUT2D eigenvalue weighted by Crippen LogP contribution is -2.07. The summed E-state index contributed by atoms with van der Waals surface area (Å²) in [6, 6.07) is 11.5. The van der Waals surface area contributed by atoms with Crippen molar-refractivity contribution >= 4 is 15.7 Å². The number of hydrogen-bond acceptors (Lipinski definition) is 5. The molecule has 27 heavy (non-hydrogen) atoms. The Morgan fingerprint density at radius 2 is 1.78 bits per heavy atom. The third-order valence-electron chi connectivity index (χ3n) is 4.28. The predicted octanol–water partition coefficient (Wildman–Crippen LogP) is 4.25. The summed E-state index contributed by atoms with van der Waals surface area (Å²) in [4.78, 5) is 8.63. The molecule has 0 aliphatic rings. The second-order valence-electron chi connectivity index (χ2n) is 6.16. The standard InChI is InChI=1S/C20H20FN3O2S/c1-3-27(25,26)19-10-17(11-22-13-19)16-6-9-20(23-12-16)24-14(2)15-4-7-18(21)8-5-15/h4-14H,3H2,1-2H3,(H,23,24)/t14-/m1/s1. The molecule has 140 valence electrons. The van der Waals surface area contributed by atoms with E-state index in [-0.39, 0.29) is 22.5 Å². The number of anilines is 1. The Morgan fingerprint density at radius 3 is 2.41 bits per heavy atom. The Balaban J connectivity index is 1.77. The van der Waals surface area contributed by atoms with Crippen molar-refractivity contribution in [2.45, 2.75) is 24.8 Å². The average molecular weight is 385 g/mol. The second-order valence-corrected chi connectivity index (χ2v) is 8.44. The minimum absolute atomic E-state index is 0.0283. The first kappa shape index (κ1) is 19.0. The molecule has 0 bridgehead atoms. The maximum atomic E-state index is 13.0. The molecule has 1 aromatic carbocycles. The molecule has 0 saturated carbocycles. The van der Waals surface area contributed by atoms with Crippen LogP contribution in [0.15, 0.2) is 66.0 Å². The fourth-order valence-corrected chi connectivity index (χ4v) is 3.48. The first-order chi connectivity index (χ1) is 12.9. The molecule has 0 aliphatic carbocycles. The van der Waals surface area contributed by atoms with Gasteiger partial charge in [-0.1, -0.05) is 19.1 Å². The highest BCUT2D eigenvalue weighted by molar-refractivity contribution is 7.91. The Morgan fingerprint density at radius 1 is 1.04 bits per heavy atom. The van der Waals surface area contributed by atoms with Crippen LogP contribution in [-0.4, -0.2) is 24.1 Å². The highest BCUT2D eigenvalue weighted by Gasteiger charge is 2.13. The van der Waals surface area contributed by atoms with Crippen molar-refractivity contribution in [2.75, 3.05) is 11.1 Å². The van der Waals surface area contributed by atoms with Crippen LogP contribution in [0.2, 0.25) is 0 Å².